The van der Waals surface area contributed by atoms with Crippen molar-refractivity contribution in [2.75, 3.05) is 0 Å². The van der Waals surface area contributed by atoms with E-state index in [1.54, 1.807) is 6.20 Å². The fourth-order valence-electron chi connectivity index (χ4n) is 5.73. The Labute approximate surface area is 255 Å². The van der Waals surface area contributed by atoms with E-state index in [1.807, 2.05) is 48.7 Å². The van der Waals surface area contributed by atoms with Gasteiger partial charge < -0.3 is 0 Å². The van der Waals surface area contributed by atoms with Crippen LogP contribution in [-0.4, -0.2) is 19.9 Å². The third-order valence-electron chi connectivity index (χ3n) is 7.97. The van der Waals surface area contributed by atoms with Crippen molar-refractivity contribution in [1.29, 1.82) is 0 Å². The topological polar surface area (TPSA) is 51.6 Å². The highest BCUT2D eigenvalue weighted by atomic mass is 15.0. The van der Waals surface area contributed by atoms with E-state index >= 15 is 0 Å². The maximum absolute atomic E-state index is 5.13. The van der Waals surface area contributed by atoms with Crippen LogP contribution in [0.25, 0.3) is 78.0 Å². The summed E-state index contributed by atoms with van der Waals surface area (Å²) in [7, 11) is 0. The van der Waals surface area contributed by atoms with Gasteiger partial charge in [0.25, 0.3) is 0 Å². The largest absolute Gasteiger partial charge is 0.264 e. The number of benzene rings is 6. The molecule has 8 rings (SSSR count). The van der Waals surface area contributed by atoms with Gasteiger partial charge in [-0.15, -0.1) is 0 Å². The van der Waals surface area contributed by atoms with Crippen LogP contribution in [0, 0.1) is 0 Å². The number of pyridine rings is 1. The average Bonchev–Trinajstić information content (AvgIpc) is 3.11. The fraction of sp³-hybridized carbons (Fsp3) is 0. The highest BCUT2D eigenvalue weighted by Gasteiger charge is 2.16. The first-order chi connectivity index (χ1) is 21.8. The van der Waals surface area contributed by atoms with Crippen molar-refractivity contribution in [1.82, 2.24) is 19.9 Å². The first-order valence-corrected chi connectivity index (χ1v) is 14.6. The van der Waals surface area contributed by atoms with Crippen molar-refractivity contribution in [2.45, 2.75) is 0 Å². The van der Waals surface area contributed by atoms with E-state index in [0.717, 1.165) is 60.5 Å². The molecule has 0 fully saturated rings. The summed E-state index contributed by atoms with van der Waals surface area (Å²) in [5.74, 6) is 1.93. The molecule has 0 radical (unpaired) electrons. The summed E-state index contributed by atoms with van der Waals surface area (Å²) in [5, 5.41) is 4.51. The molecule has 44 heavy (non-hydrogen) atoms. The Balaban J connectivity index is 1.31. The molecule has 2 aromatic heterocycles. The summed E-state index contributed by atoms with van der Waals surface area (Å²) in [5.41, 5.74) is 7.37. The standard InChI is InChI=1S/C40H26N4/c1-3-10-27(11-4-1)35-24-32-14-7-8-16-36(32)37(25-35)40-43-38(28-12-5-2-6-13-28)42-39(44-40)33-20-19-29-22-31(18-17-30(29)23-33)34-15-9-21-41-26-34/h1-26H. The summed E-state index contributed by atoms with van der Waals surface area (Å²) >= 11 is 0. The molecule has 0 aliphatic heterocycles. The zero-order valence-corrected chi connectivity index (χ0v) is 23.8. The minimum atomic E-state index is 0.640. The van der Waals surface area contributed by atoms with E-state index in [9.17, 15) is 0 Å². The van der Waals surface area contributed by atoms with Crippen molar-refractivity contribution >= 4 is 21.5 Å². The molecule has 0 atom stereocenters. The van der Waals surface area contributed by atoms with E-state index < -0.39 is 0 Å². The molecule has 206 valence electrons. The number of hydrogen-bond donors (Lipinski definition) is 0. The van der Waals surface area contributed by atoms with Crippen LogP contribution >= 0.6 is 0 Å². The quantitative estimate of drug-likeness (QED) is 0.209. The lowest BCUT2D eigenvalue weighted by Gasteiger charge is -2.13. The average molecular weight is 563 g/mol. The maximum Gasteiger partial charge on any atom is 0.164 e. The Bertz CT molecular complexity index is 2260. The van der Waals surface area contributed by atoms with Gasteiger partial charge in [-0.1, -0.05) is 115 Å². The lowest BCUT2D eigenvalue weighted by atomic mass is 9.96. The lowest BCUT2D eigenvalue weighted by molar-refractivity contribution is 1.08. The van der Waals surface area contributed by atoms with Crippen LogP contribution in [0.5, 0.6) is 0 Å². The van der Waals surface area contributed by atoms with Gasteiger partial charge in [-0.05, 0) is 68.6 Å². The summed E-state index contributed by atoms with van der Waals surface area (Å²) in [6.45, 7) is 0. The molecule has 2 heterocycles. The molecule has 8 aromatic rings. The van der Waals surface area contributed by atoms with Gasteiger partial charge in [0.1, 0.15) is 0 Å². The molecule has 0 spiro atoms. The zero-order chi connectivity index (χ0) is 29.3. The predicted octanol–water partition coefficient (Wildman–Crippen LogP) is 9.91. The molecule has 0 bridgehead atoms. The highest BCUT2D eigenvalue weighted by molar-refractivity contribution is 5.99. The monoisotopic (exact) mass is 562 g/mol. The van der Waals surface area contributed by atoms with Crippen LogP contribution in [0.2, 0.25) is 0 Å². The lowest BCUT2D eigenvalue weighted by Crippen LogP contribution is -2.01. The number of aromatic nitrogens is 4. The van der Waals surface area contributed by atoms with Gasteiger partial charge in [-0.25, -0.2) is 15.0 Å². The minimum absolute atomic E-state index is 0.640. The molecule has 0 unspecified atom stereocenters. The van der Waals surface area contributed by atoms with Crippen molar-refractivity contribution in [2.24, 2.45) is 0 Å². The van der Waals surface area contributed by atoms with Gasteiger partial charge in [0, 0.05) is 34.6 Å². The van der Waals surface area contributed by atoms with Crippen LogP contribution in [-0.2, 0) is 0 Å². The van der Waals surface area contributed by atoms with E-state index in [4.69, 9.17) is 15.0 Å². The Hall–Kier alpha value is -6.00. The summed E-state index contributed by atoms with van der Waals surface area (Å²) in [6, 6.07) is 50.4. The van der Waals surface area contributed by atoms with Gasteiger partial charge in [0.05, 0.1) is 0 Å². The Morgan fingerprint density at radius 1 is 0.341 bits per heavy atom. The second-order valence-electron chi connectivity index (χ2n) is 10.8. The minimum Gasteiger partial charge on any atom is -0.264 e. The van der Waals surface area contributed by atoms with Gasteiger partial charge in [-0.3, -0.25) is 4.98 Å². The first-order valence-electron chi connectivity index (χ1n) is 14.6. The van der Waals surface area contributed by atoms with Crippen molar-refractivity contribution in [3.05, 3.63) is 158 Å². The maximum atomic E-state index is 5.13. The first kappa shape index (κ1) is 25.7. The van der Waals surface area contributed by atoms with E-state index in [2.05, 4.69) is 108 Å². The fourth-order valence-corrected chi connectivity index (χ4v) is 5.73. The Morgan fingerprint density at radius 2 is 0.932 bits per heavy atom. The number of fused-ring (bicyclic) bond motifs is 2. The van der Waals surface area contributed by atoms with Crippen LogP contribution in [0.15, 0.2) is 158 Å². The third-order valence-corrected chi connectivity index (χ3v) is 7.97. The second-order valence-corrected chi connectivity index (χ2v) is 10.8. The van der Waals surface area contributed by atoms with Crippen LogP contribution < -0.4 is 0 Å². The Kier molecular flexibility index (Phi) is 6.43. The molecule has 6 aromatic carbocycles. The van der Waals surface area contributed by atoms with Crippen molar-refractivity contribution < 1.29 is 0 Å². The molecular weight excluding hydrogens is 536 g/mol. The second kappa shape index (κ2) is 11.0. The van der Waals surface area contributed by atoms with Crippen LogP contribution in [0.1, 0.15) is 0 Å². The molecule has 0 saturated carbocycles. The van der Waals surface area contributed by atoms with Gasteiger partial charge in [0.2, 0.25) is 0 Å². The molecule has 0 aliphatic carbocycles. The van der Waals surface area contributed by atoms with E-state index in [0.29, 0.717) is 17.5 Å². The molecule has 0 amide bonds. The van der Waals surface area contributed by atoms with Gasteiger partial charge in [-0.2, -0.15) is 0 Å². The molecule has 4 heteroatoms. The smallest absolute Gasteiger partial charge is 0.164 e. The molecular formula is C40H26N4. The van der Waals surface area contributed by atoms with Gasteiger partial charge in [0.15, 0.2) is 17.5 Å². The van der Waals surface area contributed by atoms with E-state index in [-0.39, 0.29) is 0 Å². The summed E-state index contributed by atoms with van der Waals surface area (Å²) in [6.07, 6.45) is 3.69. The number of rotatable bonds is 5. The summed E-state index contributed by atoms with van der Waals surface area (Å²) in [4.78, 5) is 19.5. The molecule has 4 nitrogen and oxygen atoms in total. The van der Waals surface area contributed by atoms with Gasteiger partial charge >= 0.3 is 0 Å². The number of nitrogens with zero attached hydrogens (tertiary/aromatic N) is 4. The molecule has 0 aliphatic rings. The SMILES string of the molecule is c1ccc(-c2cc(-c3nc(-c4ccccc4)nc(-c4ccc5cc(-c6cccnc6)ccc5c4)n3)c3ccccc3c2)cc1. The third kappa shape index (κ3) is 4.89. The van der Waals surface area contributed by atoms with Crippen LogP contribution in [0.4, 0.5) is 0 Å². The van der Waals surface area contributed by atoms with Crippen molar-refractivity contribution in [3.8, 4) is 56.4 Å². The molecule has 0 saturated heterocycles. The molecule has 0 N–H and O–H groups in total. The normalized spacial score (nSPS) is 11.2. The highest BCUT2D eigenvalue weighted by Crippen LogP contribution is 2.35. The Morgan fingerprint density at radius 3 is 1.68 bits per heavy atom. The van der Waals surface area contributed by atoms with Crippen molar-refractivity contribution in [3.63, 3.8) is 0 Å². The predicted molar refractivity (Wildman–Crippen MR) is 180 cm³/mol. The summed E-state index contributed by atoms with van der Waals surface area (Å²) < 4.78 is 0. The zero-order valence-electron chi connectivity index (χ0n) is 23.8. The number of hydrogen-bond acceptors (Lipinski definition) is 4. The van der Waals surface area contributed by atoms with Crippen LogP contribution in [0.3, 0.4) is 0 Å². The van der Waals surface area contributed by atoms with E-state index in [1.165, 1.54) is 0 Å².